The molecule has 0 radical (unpaired) electrons. The number of benzene rings is 1. The second-order valence-electron chi connectivity index (χ2n) is 3.94. The maximum atomic E-state index is 11.1. The van der Waals surface area contributed by atoms with Crippen LogP contribution in [-0.4, -0.2) is 12.5 Å². The molecular weight excluding hydrogens is 188 g/mol. The molecule has 3 N–H and O–H groups in total. The minimum Gasteiger partial charge on any atom is -0.325 e. The summed E-state index contributed by atoms with van der Waals surface area (Å²) in [6, 6.07) is 6.14. The number of carbonyl (C=O) groups is 1. The zero-order valence-corrected chi connectivity index (χ0v) is 8.75. The van der Waals surface area contributed by atoms with Gasteiger partial charge in [0.1, 0.15) is 0 Å². The molecule has 0 aromatic heterocycles. The molecule has 0 saturated heterocycles. The molecule has 0 aliphatic heterocycles. The molecule has 0 fully saturated rings. The lowest BCUT2D eigenvalue weighted by Crippen LogP contribution is -2.22. The van der Waals surface area contributed by atoms with Crippen molar-refractivity contribution in [1.82, 2.24) is 0 Å². The lowest BCUT2D eigenvalue weighted by Gasteiger charge is -2.16. The third-order valence-corrected chi connectivity index (χ3v) is 2.82. The van der Waals surface area contributed by atoms with Gasteiger partial charge in [0.2, 0.25) is 5.91 Å². The zero-order chi connectivity index (χ0) is 10.7. The number of aryl methyl sites for hydroxylation is 2. The number of hydrogen-bond donors (Lipinski definition) is 2. The zero-order valence-electron chi connectivity index (χ0n) is 8.75. The van der Waals surface area contributed by atoms with Gasteiger partial charge in [0.15, 0.2) is 0 Å². The molecule has 0 heterocycles. The first-order chi connectivity index (χ1) is 7.29. The fourth-order valence-electron chi connectivity index (χ4n) is 2.02. The summed E-state index contributed by atoms with van der Waals surface area (Å²) < 4.78 is 0. The molecule has 0 spiro atoms. The van der Waals surface area contributed by atoms with E-state index in [9.17, 15) is 4.79 Å². The second-order valence-corrected chi connectivity index (χ2v) is 3.94. The van der Waals surface area contributed by atoms with Crippen LogP contribution in [0.3, 0.4) is 0 Å². The van der Waals surface area contributed by atoms with Crippen molar-refractivity contribution >= 4 is 11.6 Å². The van der Waals surface area contributed by atoms with E-state index in [0.717, 1.165) is 12.1 Å². The molecule has 0 unspecified atom stereocenters. The maximum Gasteiger partial charge on any atom is 0.238 e. The van der Waals surface area contributed by atoms with Gasteiger partial charge in [-0.25, -0.2) is 0 Å². The smallest absolute Gasteiger partial charge is 0.238 e. The van der Waals surface area contributed by atoms with E-state index in [1.807, 2.05) is 6.07 Å². The fourth-order valence-corrected chi connectivity index (χ4v) is 2.02. The number of fused-ring (bicyclic) bond motifs is 1. The van der Waals surface area contributed by atoms with E-state index >= 15 is 0 Å². The number of hydrogen-bond acceptors (Lipinski definition) is 2. The van der Waals surface area contributed by atoms with Gasteiger partial charge in [-0.15, -0.1) is 0 Å². The minimum absolute atomic E-state index is 0.0388. The highest BCUT2D eigenvalue weighted by Gasteiger charge is 2.09. The maximum absolute atomic E-state index is 11.1. The van der Waals surface area contributed by atoms with Crippen LogP contribution < -0.4 is 11.1 Å². The Bertz CT molecular complexity index is 374. The average molecular weight is 204 g/mol. The average Bonchev–Trinajstić information content (AvgIpc) is 2.29. The van der Waals surface area contributed by atoms with Gasteiger partial charge in [-0.05, 0) is 48.9 Å². The summed E-state index contributed by atoms with van der Waals surface area (Å²) in [5, 5.41) is 2.78. The Kier molecular flexibility index (Phi) is 3.02. The molecule has 3 nitrogen and oxygen atoms in total. The largest absolute Gasteiger partial charge is 0.325 e. The first-order valence-corrected chi connectivity index (χ1v) is 5.41. The van der Waals surface area contributed by atoms with E-state index in [1.165, 1.54) is 30.4 Å². The van der Waals surface area contributed by atoms with Gasteiger partial charge in [0.05, 0.1) is 6.54 Å². The van der Waals surface area contributed by atoms with Gasteiger partial charge in [-0.2, -0.15) is 0 Å². The van der Waals surface area contributed by atoms with Crippen LogP contribution in [-0.2, 0) is 17.6 Å². The molecule has 2 rings (SSSR count). The van der Waals surface area contributed by atoms with Crippen LogP contribution in [0, 0.1) is 0 Å². The van der Waals surface area contributed by atoms with E-state index < -0.39 is 0 Å². The Morgan fingerprint density at radius 2 is 2.00 bits per heavy atom. The van der Waals surface area contributed by atoms with E-state index in [4.69, 9.17) is 5.73 Å². The molecule has 1 amide bonds. The molecule has 1 aromatic rings. The van der Waals surface area contributed by atoms with Crippen LogP contribution >= 0.6 is 0 Å². The van der Waals surface area contributed by atoms with Gasteiger partial charge in [0, 0.05) is 5.69 Å². The number of amides is 1. The van der Waals surface area contributed by atoms with E-state index in [1.54, 1.807) is 0 Å². The SMILES string of the molecule is NCC(=O)Nc1ccc2c(c1)CCCC2. The summed E-state index contributed by atoms with van der Waals surface area (Å²) in [5.41, 5.74) is 8.91. The van der Waals surface area contributed by atoms with Crippen LogP contribution in [0.15, 0.2) is 18.2 Å². The third-order valence-electron chi connectivity index (χ3n) is 2.82. The molecule has 1 aliphatic rings. The van der Waals surface area contributed by atoms with Crippen molar-refractivity contribution in [3.63, 3.8) is 0 Å². The van der Waals surface area contributed by atoms with Crippen LogP contribution in [0.25, 0.3) is 0 Å². The third kappa shape index (κ3) is 2.36. The Morgan fingerprint density at radius 1 is 1.27 bits per heavy atom. The van der Waals surface area contributed by atoms with Crippen LogP contribution in [0.1, 0.15) is 24.0 Å². The van der Waals surface area contributed by atoms with Crippen molar-refractivity contribution in [3.8, 4) is 0 Å². The molecular formula is C12H16N2O. The highest BCUT2D eigenvalue weighted by molar-refractivity contribution is 5.92. The topological polar surface area (TPSA) is 55.1 Å². The Hall–Kier alpha value is -1.35. The number of anilines is 1. The van der Waals surface area contributed by atoms with Crippen molar-refractivity contribution in [2.24, 2.45) is 5.73 Å². The summed E-state index contributed by atoms with van der Waals surface area (Å²) in [5.74, 6) is -0.134. The fraction of sp³-hybridized carbons (Fsp3) is 0.417. The van der Waals surface area contributed by atoms with Crippen molar-refractivity contribution in [2.75, 3.05) is 11.9 Å². The lowest BCUT2D eigenvalue weighted by atomic mass is 9.91. The number of carbonyl (C=O) groups excluding carboxylic acids is 1. The first-order valence-electron chi connectivity index (χ1n) is 5.41. The van der Waals surface area contributed by atoms with Gasteiger partial charge < -0.3 is 11.1 Å². The van der Waals surface area contributed by atoms with Gasteiger partial charge in [-0.1, -0.05) is 6.07 Å². The highest BCUT2D eigenvalue weighted by Crippen LogP contribution is 2.24. The monoisotopic (exact) mass is 204 g/mol. The number of nitrogens with two attached hydrogens (primary N) is 1. The van der Waals surface area contributed by atoms with Crippen molar-refractivity contribution in [2.45, 2.75) is 25.7 Å². The van der Waals surface area contributed by atoms with Crippen LogP contribution in [0.4, 0.5) is 5.69 Å². The Labute approximate surface area is 89.7 Å². The van der Waals surface area contributed by atoms with E-state index in [-0.39, 0.29) is 12.5 Å². The van der Waals surface area contributed by atoms with E-state index in [2.05, 4.69) is 17.4 Å². The standard InChI is InChI=1S/C12H16N2O/c13-8-12(15)14-11-6-5-9-3-1-2-4-10(9)7-11/h5-7H,1-4,8,13H2,(H,14,15). The summed E-state index contributed by atoms with van der Waals surface area (Å²) in [7, 11) is 0. The normalized spacial score (nSPS) is 14.5. The summed E-state index contributed by atoms with van der Waals surface area (Å²) >= 11 is 0. The molecule has 0 bridgehead atoms. The number of nitrogens with one attached hydrogen (secondary N) is 1. The Morgan fingerprint density at radius 3 is 2.73 bits per heavy atom. The minimum atomic E-state index is -0.134. The predicted molar refractivity (Wildman–Crippen MR) is 60.8 cm³/mol. The quantitative estimate of drug-likeness (QED) is 0.766. The summed E-state index contributed by atoms with van der Waals surface area (Å²) in [6.07, 6.45) is 4.82. The van der Waals surface area contributed by atoms with Crippen LogP contribution in [0.2, 0.25) is 0 Å². The number of rotatable bonds is 2. The Balaban J connectivity index is 2.17. The van der Waals surface area contributed by atoms with Crippen molar-refractivity contribution in [3.05, 3.63) is 29.3 Å². The van der Waals surface area contributed by atoms with Crippen LogP contribution in [0.5, 0.6) is 0 Å². The predicted octanol–water partition coefficient (Wildman–Crippen LogP) is 1.46. The molecule has 15 heavy (non-hydrogen) atoms. The molecule has 0 saturated carbocycles. The van der Waals surface area contributed by atoms with Crippen molar-refractivity contribution < 1.29 is 4.79 Å². The lowest BCUT2D eigenvalue weighted by molar-refractivity contribution is -0.114. The van der Waals surface area contributed by atoms with Crippen molar-refractivity contribution in [1.29, 1.82) is 0 Å². The summed E-state index contributed by atoms with van der Waals surface area (Å²) in [4.78, 5) is 11.1. The first kappa shape index (κ1) is 10.2. The molecule has 1 aromatic carbocycles. The second kappa shape index (κ2) is 4.45. The van der Waals surface area contributed by atoms with Gasteiger partial charge >= 0.3 is 0 Å². The van der Waals surface area contributed by atoms with Gasteiger partial charge in [0.25, 0.3) is 0 Å². The molecule has 0 atom stereocenters. The molecule has 3 heteroatoms. The molecule has 1 aliphatic carbocycles. The highest BCUT2D eigenvalue weighted by atomic mass is 16.1. The van der Waals surface area contributed by atoms with E-state index in [0.29, 0.717) is 0 Å². The summed E-state index contributed by atoms with van der Waals surface area (Å²) in [6.45, 7) is 0.0388. The molecule has 80 valence electrons. The van der Waals surface area contributed by atoms with Gasteiger partial charge in [-0.3, -0.25) is 4.79 Å².